The Morgan fingerprint density at radius 3 is 2.71 bits per heavy atom. The number of hydrogen-bond acceptors (Lipinski definition) is 3. The number of carbonyl (C=O) groups is 1. The van der Waals surface area contributed by atoms with Crippen molar-refractivity contribution < 1.29 is 9.32 Å². The first-order valence-electron chi connectivity index (χ1n) is 8.65. The maximum Gasteiger partial charge on any atom is 0.227 e. The van der Waals surface area contributed by atoms with Gasteiger partial charge in [-0.25, -0.2) is 0 Å². The molecule has 5 heteroatoms. The van der Waals surface area contributed by atoms with Gasteiger partial charge in [-0.3, -0.25) is 4.79 Å². The predicted octanol–water partition coefficient (Wildman–Crippen LogP) is 4.36. The summed E-state index contributed by atoms with van der Waals surface area (Å²) in [5.41, 5.74) is 3.04. The minimum atomic E-state index is 0.143. The Balaban J connectivity index is 1.79. The van der Waals surface area contributed by atoms with Crippen molar-refractivity contribution >= 4 is 17.5 Å². The summed E-state index contributed by atoms with van der Waals surface area (Å²) in [7, 11) is 0. The zero-order chi connectivity index (χ0) is 17.1. The Morgan fingerprint density at radius 2 is 2.04 bits per heavy atom. The molecule has 0 N–H and O–H groups in total. The van der Waals surface area contributed by atoms with Gasteiger partial charge in [-0.1, -0.05) is 42.7 Å². The van der Waals surface area contributed by atoms with Gasteiger partial charge in [0, 0.05) is 23.6 Å². The highest BCUT2D eigenvalue weighted by atomic mass is 35.5. The lowest BCUT2D eigenvalue weighted by Gasteiger charge is -2.25. The Morgan fingerprint density at radius 1 is 1.29 bits per heavy atom. The van der Waals surface area contributed by atoms with Crippen LogP contribution in [-0.4, -0.2) is 22.5 Å². The van der Waals surface area contributed by atoms with E-state index in [9.17, 15) is 4.79 Å². The second-order valence-electron chi connectivity index (χ2n) is 6.21. The molecule has 1 amide bonds. The molecule has 4 nitrogen and oxygen atoms in total. The highest BCUT2D eigenvalue weighted by Crippen LogP contribution is 2.33. The lowest BCUT2D eigenvalue weighted by molar-refractivity contribution is -0.131. The van der Waals surface area contributed by atoms with E-state index in [0.717, 1.165) is 59.8 Å². The molecule has 0 saturated carbocycles. The molecule has 0 bridgehead atoms. The molecule has 0 spiro atoms. The topological polar surface area (TPSA) is 46.3 Å². The van der Waals surface area contributed by atoms with Crippen molar-refractivity contribution in [1.82, 2.24) is 10.1 Å². The van der Waals surface area contributed by atoms with E-state index in [1.165, 1.54) is 0 Å². The summed E-state index contributed by atoms with van der Waals surface area (Å²) in [4.78, 5) is 14.9. The quantitative estimate of drug-likeness (QED) is 0.808. The molecule has 2 heterocycles. The summed E-state index contributed by atoms with van der Waals surface area (Å²) >= 11 is 5.98. The zero-order valence-corrected chi connectivity index (χ0v) is 15.0. The number of carbonyl (C=O) groups excluding carboxylic acids is 1. The molecular formula is C19H23ClN2O2. The number of benzene rings is 1. The van der Waals surface area contributed by atoms with E-state index in [-0.39, 0.29) is 11.9 Å². The molecule has 1 fully saturated rings. The van der Waals surface area contributed by atoms with Gasteiger partial charge in [0.25, 0.3) is 0 Å². The van der Waals surface area contributed by atoms with Gasteiger partial charge in [0.05, 0.1) is 18.2 Å². The lowest BCUT2D eigenvalue weighted by Crippen LogP contribution is -2.32. The molecule has 24 heavy (non-hydrogen) atoms. The second kappa shape index (κ2) is 7.39. The van der Waals surface area contributed by atoms with Crippen LogP contribution in [0.3, 0.4) is 0 Å². The van der Waals surface area contributed by atoms with E-state index in [0.29, 0.717) is 6.42 Å². The Hall–Kier alpha value is -1.81. The maximum atomic E-state index is 12.9. The van der Waals surface area contributed by atoms with Crippen LogP contribution in [0.5, 0.6) is 0 Å². The van der Waals surface area contributed by atoms with Gasteiger partial charge in [0.15, 0.2) is 0 Å². The van der Waals surface area contributed by atoms with Gasteiger partial charge in [-0.2, -0.15) is 0 Å². The third-order valence-electron chi connectivity index (χ3n) is 4.76. The lowest BCUT2D eigenvalue weighted by atomic mass is 10.0. The van der Waals surface area contributed by atoms with Crippen molar-refractivity contribution in [3.63, 3.8) is 0 Å². The molecule has 0 radical (unpaired) electrons. The summed E-state index contributed by atoms with van der Waals surface area (Å²) in [6.45, 7) is 4.87. The average molecular weight is 347 g/mol. The molecule has 1 aromatic heterocycles. The molecule has 1 aliphatic heterocycles. The van der Waals surface area contributed by atoms with E-state index < -0.39 is 0 Å². The van der Waals surface area contributed by atoms with E-state index in [1.807, 2.05) is 43.0 Å². The van der Waals surface area contributed by atoms with Crippen LogP contribution in [0.1, 0.15) is 55.3 Å². The van der Waals surface area contributed by atoms with Crippen molar-refractivity contribution in [3.05, 3.63) is 51.9 Å². The van der Waals surface area contributed by atoms with Crippen molar-refractivity contribution in [2.75, 3.05) is 6.54 Å². The molecule has 1 aliphatic rings. The van der Waals surface area contributed by atoms with Crippen LogP contribution in [0.4, 0.5) is 0 Å². The van der Waals surface area contributed by atoms with Crippen molar-refractivity contribution in [3.8, 4) is 0 Å². The van der Waals surface area contributed by atoms with Crippen molar-refractivity contribution in [2.45, 2.75) is 52.0 Å². The van der Waals surface area contributed by atoms with Crippen LogP contribution in [0.15, 0.2) is 28.8 Å². The summed E-state index contributed by atoms with van der Waals surface area (Å²) < 4.78 is 5.39. The van der Waals surface area contributed by atoms with E-state index in [1.54, 1.807) is 0 Å². The smallest absolute Gasteiger partial charge is 0.227 e. The average Bonchev–Trinajstić information content (AvgIpc) is 3.22. The first kappa shape index (κ1) is 17.0. The predicted molar refractivity (Wildman–Crippen MR) is 94.1 cm³/mol. The Kier molecular flexibility index (Phi) is 5.24. The number of aryl methyl sites for hydroxylation is 2. The minimum Gasteiger partial charge on any atom is -0.361 e. The number of aromatic nitrogens is 1. The molecule has 0 aliphatic carbocycles. The molecule has 1 atom stereocenters. The molecule has 3 rings (SSSR count). The van der Waals surface area contributed by atoms with Crippen molar-refractivity contribution in [2.24, 2.45) is 0 Å². The number of halogens is 1. The van der Waals surface area contributed by atoms with Gasteiger partial charge in [-0.05, 0) is 37.0 Å². The summed E-state index contributed by atoms with van der Waals surface area (Å²) in [5, 5.41) is 4.83. The maximum absolute atomic E-state index is 12.9. The van der Waals surface area contributed by atoms with Crippen LogP contribution in [0, 0.1) is 0 Å². The molecule has 1 saturated heterocycles. The number of nitrogens with zero attached hydrogens (tertiary/aromatic N) is 2. The highest BCUT2D eigenvalue weighted by molar-refractivity contribution is 6.30. The summed E-state index contributed by atoms with van der Waals surface area (Å²) in [6, 6.07) is 7.97. The van der Waals surface area contributed by atoms with E-state index in [2.05, 4.69) is 5.16 Å². The number of amides is 1. The van der Waals surface area contributed by atoms with E-state index in [4.69, 9.17) is 16.1 Å². The number of likely N-dealkylation sites (tertiary alicyclic amines) is 1. The molecule has 0 unspecified atom stereocenters. The highest BCUT2D eigenvalue weighted by Gasteiger charge is 2.31. The molecule has 2 aromatic rings. The van der Waals surface area contributed by atoms with Gasteiger partial charge >= 0.3 is 0 Å². The van der Waals surface area contributed by atoms with Crippen LogP contribution >= 0.6 is 11.6 Å². The Labute approximate surface area is 147 Å². The minimum absolute atomic E-state index is 0.143. The fourth-order valence-corrected chi connectivity index (χ4v) is 3.61. The fraction of sp³-hybridized carbons (Fsp3) is 0.474. The zero-order valence-electron chi connectivity index (χ0n) is 14.2. The Bertz CT molecular complexity index is 687. The first-order valence-corrected chi connectivity index (χ1v) is 9.03. The SMILES string of the molecule is CCc1noc(CC)c1CC(=O)N1CCC[C@H]1c1ccc(Cl)cc1. The van der Waals surface area contributed by atoms with Crippen LogP contribution in [0.2, 0.25) is 5.02 Å². The monoisotopic (exact) mass is 346 g/mol. The van der Waals surface area contributed by atoms with Crippen LogP contribution in [0.25, 0.3) is 0 Å². The standard InChI is InChI=1S/C19H23ClN2O2/c1-3-16-15(18(4-2)24-21-16)12-19(23)22-11-5-6-17(22)13-7-9-14(20)10-8-13/h7-10,17H,3-6,11-12H2,1-2H3/t17-/m0/s1. The van der Waals surface area contributed by atoms with Crippen molar-refractivity contribution in [1.29, 1.82) is 0 Å². The first-order chi connectivity index (χ1) is 11.6. The summed E-state index contributed by atoms with van der Waals surface area (Å²) in [5.74, 6) is 0.988. The van der Waals surface area contributed by atoms with Crippen LogP contribution < -0.4 is 0 Å². The molecule has 128 valence electrons. The van der Waals surface area contributed by atoms with Gasteiger partial charge in [0.2, 0.25) is 5.91 Å². The third kappa shape index (κ3) is 3.34. The number of rotatable bonds is 5. The second-order valence-corrected chi connectivity index (χ2v) is 6.65. The largest absolute Gasteiger partial charge is 0.361 e. The molecular weight excluding hydrogens is 324 g/mol. The third-order valence-corrected chi connectivity index (χ3v) is 5.01. The normalized spacial score (nSPS) is 17.5. The summed E-state index contributed by atoms with van der Waals surface area (Å²) in [6.07, 6.45) is 3.95. The van der Waals surface area contributed by atoms with Gasteiger partial charge < -0.3 is 9.42 Å². The van der Waals surface area contributed by atoms with Crippen LogP contribution in [-0.2, 0) is 24.1 Å². The van der Waals surface area contributed by atoms with E-state index >= 15 is 0 Å². The van der Waals surface area contributed by atoms with Gasteiger partial charge in [-0.15, -0.1) is 0 Å². The van der Waals surface area contributed by atoms with Gasteiger partial charge in [0.1, 0.15) is 5.76 Å². The molecule has 1 aromatic carbocycles. The fourth-order valence-electron chi connectivity index (χ4n) is 3.49. The number of hydrogen-bond donors (Lipinski definition) is 0.